The fourth-order valence-corrected chi connectivity index (χ4v) is 5.04. The number of fused-ring (bicyclic) bond motifs is 1. The van der Waals surface area contributed by atoms with E-state index in [1.165, 1.54) is 18.4 Å². The first-order valence-corrected chi connectivity index (χ1v) is 11.5. The molecule has 0 N–H and O–H groups in total. The van der Waals surface area contributed by atoms with Gasteiger partial charge in [0.2, 0.25) is 0 Å². The van der Waals surface area contributed by atoms with Crippen molar-refractivity contribution in [2.24, 2.45) is 5.92 Å². The highest BCUT2D eigenvalue weighted by Crippen LogP contribution is 2.37. The van der Waals surface area contributed by atoms with Crippen molar-refractivity contribution in [3.8, 4) is 5.69 Å². The van der Waals surface area contributed by atoms with Crippen LogP contribution < -0.4 is 0 Å². The van der Waals surface area contributed by atoms with Gasteiger partial charge in [0.05, 0.1) is 23.6 Å². The zero-order chi connectivity index (χ0) is 21.9. The van der Waals surface area contributed by atoms with E-state index in [-0.39, 0.29) is 5.78 Å². The molecule has 4 aromatic rings. The number of aryl methyl sites for hydroxylation is 1. The van der Waals surface area contributed by atoms with Crippen LogP contribution in [0.15, 0.2) is 67.1 Å². The van der Waals surface area contributed by atoms with E-state index in [1.807, 2.05) is 42.2 Å². The largest absolute Gasteiger partial charge is 0.299 e. The maximum absolute atomic E-state index is 12.9. The van der Waals surface area contributed by atoms with Crippen LogP contribution in [0.3, 0.4) is 0 Å². The second-order valence-electron chi connectivity index (χ2n) is 9.01. The molecule has 0 bridgehead atoms. The zero-order valence-corrected chi connectivity index (χ0v) is 18.4. The van der Waals surface area contributed by atoms with Crippen LogP contribution in [0.5, 0.6) is 0 Å². The predicted octanol–water partition coefficient (Wildman–Crippen LogP) is 5.60. The molecule has 0 amide bonds. The van der Waals surface area contributed by atoms with Crippen LogP contribution in [0.2, 0.25) is 0 Å². The number of rotatable bonds is 6. The fourth-order valence-electron chi connectivity index (χ4n) is 5.04. The van der Waals surface area contributed by atoms with E-state index in [2.05, 4.69) is 45.4 Å². The maximum atomic E-state index is 12.9. The lowest BCUT2D eigenvalue weighted by Crippen LogP contribution is -2.18. The first-order valence-electron chi connectivity index (χ1n) is 11.5. The molecule has 162 valence electrons. The Morgan fingerprint density at radius 1 is 1.06 bits per heavy atom. The van der Waals surface area contributed by atoms with Crippen LogP contribution in [-0.2, 0) is 11.2 Å². The topological polar surface area (TPSA) is 60.7 Å². The van der Waals surface area contributed by atoms with Crippen LogP contribution >= 0.6 is 0 Å². The van der Waals surface area contributed by atoms with Crippen molar-refractivity contribution in [2.75, 3.05) is 0 Å². The van der Waals surface area contributed by atoms with Gasteiger partial charge >= 0.3 is 0 Å². The second-order valence-corrected chi connectivity index (χ2v) is 9.01. The van der Waals surface area contributed by atoms with Crippen LogP contribution in [0.1, 0.15) is 55.0 Å². The number of carbonyl (C=O) groups is 1. The molecule has 0 aliphatic heterocycles. The number of pyridine rings is 2. The van der Waals surface area contributed by atoms with E-state index in [9.17, 15) is 4.79 Å². The molecule has 3 aromatic heterocycles. The summed E-state index contributed by atoms with van der Waals surface area (Å²) in [6, 6.07) is 16.7. The molecule has 2 atom stereocenters. The minimum atomic E-state index is 0.285. The predicted molar refractivity (Wildman–Crippen MR) is 126 cm³/mol. The highest BCUT2D eigenvalue weighted by Gasteiger charge is 2.25. The van der Waals surface area contributed by atoms with E-state index in [1.54, 1.807) is 6.20 Å². The van der Waals surface area contributed by atoms with Gasteiger partial charge in [0.15, 0.2) is 0 Å². The first kappa shape index (κ1) is 20.6. The summed E-state index contributed by atoms with van der Waals surface area (Å²) in [5.41, 5.74) is 5.08. The minimum absolute atomic E-state index is 0.285. The zero-order valence-electron chi connectivity index (χ0n) is 18.4. The Balaban J connectivity index is 1.25. The Kier molecular flexibility index (Phi) is 5.80. The molecule has 1 saturated carbocycles. The van der Waals surface area contributed by atoms with Gasteiger partial charge < -0.3 is 0 Å². The van der Waals surface area contributed by atoms with Crippen molar-refractivity contribution in [3.63, 3.8) is 0 Å². The summed E-state index contributed by atoms with van der Waals surface area (Å²) in [6.07, 6.45) is 11.2. The van der Waals surface area contributed by atoms with Crippen molar-refractivity contribution in [2.45, 2.75) is 51.4 Å². The van der Waals surface area contributed by atoms with Crippen LogP contribution in [0, 0.1) is 12.8 Å². The van der Waals surface area contributed by atoms with E-state index in [0.717, 1.165) is 40.8 Å². The van der Waals surface area contributed by atoms with Crippen molar-refractivity contribution in [1.82, 2.24) is 19.7 Å². The molecule has 1 fully saturated rings. The smallest absolute Gasteiger partial charge is 0.139 e. The third-order valence-electron chi connectivity index (χ3n) is 6.58. The highest BCUT2D eigenvalue weighted by atomic mass is 16.1. The third kappa shape index (κ3) is 4.47. The third-order valence-corrected chi connectivity index (χ3v) is 6.58. The maximum Gasteiger partial charge on any atom is 0.139 e. The summed E-state index contributed by atoms with van der Waals surface area (Å²) in [6.45, 7) is 1.96. The lowest BCUT2D eigenvalue weighted by molar-refractivity contribution is -0.119. The molecule has 5 nitrogen and oxygen atoms in total. The van der Waals surface area contributed by atoms with Crippen molar-refractivity contribution in [3.05, 3.63) is 84.1 Å². The molecule has 5 rings (SSSR count). The molecular weight excluding hydrogens is 396 g/mol. The van der Waals surface area contributed by atoms with Crippen molar-refractivity contribution in [1.29, 1.82) is 0 Å². The van der Waals surface area contributed by atoms with E-state index in [0.29, 0.717) is 24.7 Å². The van der Waals surface area contributed by atoms with Gasteiger partial charge in [0.1, 0.15) is 5.78 Å². The average molecular weight is 425 g/mol. The number of aromatic nitrogens is 4. The van der Waals surface area contributed by atoms with Crippen molar-refractivity contribution < 1.29 is 4.79 Å². The standard InChI is InChI=1S/C27H28N4O/c1-19-12-25(10-11-28-19)31-27-18-29-24(15-23(27)17-30-31)16-26(32)14-20-6-5-9-22(13-20)21-7-3-2-4-8-21/h2-4,7-8,10-12,15,17-18,20,22H,5-6,9,13-14,16H2,1H3. The number of benzene rings is 1. The fraction of sp³-hybridized carbons (Fsp3) is 0.333. The first-order chi connectivity index (χ1) is 15.7. The van der Waals surface area contributed by atoms with Gasteiger partial charge in [-0.15, -0.1) is 0 Å². The van der Waals surface area contributed by atoms with E-state index < -0.39 is 0 Å². The quantitative estimate of drug-likeness (QED) is 0.404. The molecule has 0 saturated heterocycles. The summed E-state index contributed by atoms with van der Waals surface area (Å²) in [5.74, 6) is 1.34. The molecule has 5 heteroatoms. The molecule has 0 spiro atoms. The van der Waals surface area contributed by atoms with Gasteiger partial charge in [-0.2, -0.15) is 5.10 Å². The number of Topliss-reactive ketones (excluding diaryl/α,β-unsaturated/α-hetero) is 1. The number of ketones is 1. The minimum Gasteiger partial charge on any atom is -0.299 e. The lowest BCUT2D eigenvalue weighted by atomic mass is 9.76. The SMILES string of the molecule is Cc1cc(-n2ncc3cc(CC(=O)CC4CCCC(c5ccccc5)C4)ncc32)ccn1. The molecular formula is C27H28N4O. The van der Waals surface area contributed by atoms with Gasteiger partial charge in [-0.1, -0.05) is 36.8 Å². The molecule has 1 aliphatic carbocycles. The number of nitrogens with zero attached hydrogens (tertiary/aromatic N) is 4. The van der Waals surface area contributed by atoms with Gasteiger partial charge in [-0.05, 0) is 61.8 Å². The normalized spacial score (nSPS) is 18.7. The Hall–Kier alpha value is -3.34. The Morgan fingerprint density at radius 3 is 2.78 bits per heavy atom. The Morgan fingerprint density at radius 2 is 1.94 bits per heavy atom. The number of hydrogen-bond donors (Lipinski definition) is 0. The summed E-state index contributed by atoms with van der Waals surface area (Å²) in [7, 11) is 0. The molecule has 0 radical (unpaired) electrons. The number of hydrogen-bond acceptors (Lipinski definition) is 4. The second kappa shape index (κ2) is 9.03. The Bertz CT molecular complexity index is 1230. The van der Waals surface area contributed by atoms with Gasteiger partial charge in [-0.3, -0.25) is 14.8 Å². The molecule has 1 aliphatic rings. The Labute approximate surface area is 188 Å². The van der Waals surface area contributed by atoms with Crippen molar-refractivity contribution >= 4 is 16.7 Å². The highest BCUT2D eigenvalue weighted by molar-refractivity contribution is 5.84. The van der Waals surface area contributed by atoms with Gasteiger partial charge in [0.25, 0.3) is 0 Å². The molecule has 3 heterocycles. The molecule has 1 aromatic carbocycles. The number of carbonyl (C=O) groups excluding carboxylic acids is 1. The average Bonchev–Trinajstić information content (AvgIpc) is 3.23. The lowest BCUT2D eigenvalue weighted by Gasteiger charge is -2.29. The van der Waals surface area contributed by atoms with E-state index in [4.69, 9.17) is 0 Å². The summed E-state index contributed by atoms with van der Waals surface area (Å²) < 4.78 is 1.87. The summed E-state index contributed by atoms with van der Waals surface area (Å²) in [5, 5.41) is 5.52. The summed E-state index contributed by atoms with van der Waals surface area (Å²) >= 11 is 0. The van der Waals surface area contributed by atoms with Gasteiger partial charge in [-0.25, -0.2) is 4.68 Å². The summed E-state index contributed by atoms with van der Waals surface area (Å²) in [4.78, 5) is 21.7. The van der Waals surface area contributed by atoms with Crippen LogP contribution in [0.25, 0.3) is 16.6 Å². The molecule has 2 unspecified atom stereocenters. The molecule has 32 heavy (non-hydrogen) atoms. The van der Waals surface area contributed by atoms with Gasteiger partial charge in [0, 0.05) is 35.8 Å². The monoisotopic (exact) mass is 424 g/mol. The van der Waals surface area contributed by atoms with Crippen LogP contribution in [0.4, 0.5) is 0 Å². The van der Waals surface area contributed by atoms with Crippen LogP contribution in [-0.4, -0.2) is 25.5 Å². The van der Waals surface area contributed by atoms with E-state index >= 15 is 0 Å².